The predicted octanol–water partition coefficient (Wildman–Crippen LogP) is 2.63. The van der Waals surface area contributed by atoms with Gasteiger partial charge in [0.15, 0.2) is 11.5 Å². The molecule has 1 aromatic rings. The quantitative estimate of drug-likeness (QED) is 0.789. The van der Waals surface area contributed by atoms with Crippen LogP contribution in [-0.4, -0.2) is 20.0 Å². The molecule has 0 saturated heterocycles. The highest BCUT2D eigenvalue weighted by atomic mass is 16.5. The molecule has 92 valence electrons. The van der Waals surface area contributed by atoms with Crippen LogP contribution in [-0.2, 0) is 11.2 Å². The largest absolute Gasteiger partial charge is 0.493 e. The number of carbonyl (C=O) groups excluding carboxylic acids is 1. The Morgan fingerprint density at radius 2 is 1.94 bits per heavy atom. The molecule has 0 spiro atoms. The summed E-state index contributed by atoms with van der Waals surface area (Å²) < 4.78 is 10.7. The van der Waals surface area contributed by atoms with Gasteiger partial charge in [-0.3, -0.25) is 4.79 Å². The molecule has 1 atom stereocenters. The van der Waals surface area contributed by atoms with Crippen LogP contribution in [0.1, 0.15) is 36.0 Å². The Hall–Kier alpha value is -1.51. The van der Waals surface area contributed by atoms with E-state index in [-0.39, 0.29) is 5.92 Å². The molecule has 0 saturated carbocycles. The third-order valence-electron chi connectivity index (χ3n) is 3.65. The molecule has 3 heteroatoms. The molecule has 0 bridgehead atoms. The molecule has 1 unspecified atom stereocenters. The van der Waals surface area contributed by atoms with Crippen LogP contribution in [0.3, 0.4) is 0 Å². The van der Waals surface area contributed by atoms with Crippen molar-refractivity contribution in [3.8, 4) is 11.5 Å². The first kappa shape index (κ1) is 12.0. The monoisotopic (exact) mass is 234 g/mol. The molecule has 0 aromatic heterocycles. The van der Waals surface area contributed by atoms with E-state index in [1.54, 1.807) is 14.2 Å². The molecule has 0 heterocycles. The molecule has 17 heavy (non-hydrogen) atoms. The smallest absolute Gasteiger partial charge is 0.163 e. The maximum absolute atomic E-state index is 11.8. The zero-order valence-corrected chi connectivity index (χ0v) is 10.8. The number of hydrogen-bond donors (Lipinski definition) is 0. The fourth-order valence-electron chi connectivity index (χ4n) is 2.59. The molecule has 0 amide bonds. The van der Waals surface area contributed by atoms with Gasteiger partial charge in [-0.1, -0.05) is 6.92 Å². The first-order chi connectivity index (χ1) is 8.10. The van der Waals surface area contributed by atoms with Crippen LogP contribution in [0.25, 0.3) is 0 Å². The van der Waals surface area contributed by atoms with Crippen LogP contribution >= 0.6 is 0 Å². The molecular weight excluding hydrogens is 216 g/mol. The van der Waals surface area contributed by atoms with E-state index in [0.29, 0.717) is 18.0 Å². The standard InChI is InChI=1S/C14H18O3/c1-8-11-7-13(16-3)14(17-4)9(2)10(11)5-6-12(8)15/h7-8H,5-6H2,1-4H3. The van der Waals surface area contributed by atoms with E-state index in [9.17, 15) is 4.79 Å². The zero-order chi connectivity index (χ0) is 12.6. The summed E-state index contributed by atoms with van der Waals surface area (Å²) in [6.07, 6.45) is 1.44. The van der Waals surface area contributed by atoms with Gasteiger partial charge in [-0.05, 0) is 36.1 Å². The lowest BCUT2D eigenvalue weighted by Gasteiger charge is -2.25. The SMILES string of the molecule is COc1cc2c(c(C)c1OC)CCC(=O)C2C. The Labute approximate surface area is 102 Å². The average Bonchev–Trinajstić information content (AvgIpc) is 2.33. The Kier molecular flexibility index (Phi) is 3.09. The number of ether oxygens (including phenoxy) is 2. The molecule has 0 fully saturated rings. The van der Waals surface area contributed by atoms with Crippen LogP contribution in [0.4, 0.5) is 0 Å². The van der Waals surface area contributed by atoms with Gasteiger partial charge < -0.3 is 9.47 Å². The second-order valence-electron chi connectivity index (χ2n) is 4.49. The summed E-state index contributed by atoms with van der Waals surface area (Å²) in [4.78, 5) is 11.8. The number of carbonyl (C=O) groups is 1. The molecule has 1 aliphatic carbocycles. The average molecular weight is 234 g/mol. The molecule has 0 aliphatic heterocycles. The first-order valence-corrected chi connectivity index (χ1v) is 5.87. The summed E-state index contributed by atoms with van der Waals surface area (Å²) in [6, 6.07) is 1.95. The van der Waals surface area contributed by atoms with Gasteiger partial charge in [-0.25, -0.2) is 0 Å². The zero-order valence-electron chi connectivity index (χ0n) is 10.8. The highest BCUT2D eigenvalue weighted by Crippen LogP contribution is 2.41. The van der Waals surface area contributed by atoms with Gasteiger partial charge in [0, 0.05) is 12.3 Å². The van der Waals surface area contributed by atoms with Crippen molar-refractivity contribution in [3.05, 3.63) is 22.8 Å². The van der Waals surface area contributed by atoms with Crippen molar-refractivity contribution in [1.29, 1.82) is 0 Å². The minimum Gasteiger partial charge on any atom is -0.493 e. The van der Waals surface area contributed by atoms with Crippen molar-refractivity contribution in [1.82, 2.24) is 0 Å². The van der Waals surface area contributed by atoms with E-state index in [1.807, 2.05) is 19.9 Å². The Morgan fingerprint density at radius 1 is 1.24 bits per heavy atom. The lowest BCUT2D eigenvalue weighted by molar-refractivity contribution is -0.120. The van der Waals surface area contributed by atoms with E-state index in [4.69, 9.17) is 9.47 Å². The Bertz CT molecular complexity index is 463. The van der Waals surface area contributed by atoms with Crippen molar-refractivity contribution in [3.63, 3.8) is 0 Å². The lowest BCUT2D eigenvalue weighted by Crippen LogP contribution is -2.19. The molecular formula is C14H18O3. The number of Topliss-reactive ketones (excluding diaryl/α,β-unsaturated/α-hetero) is 1. The number of benzene rings is 1. The van der Waals surface area contributed by atoms with Crippen LogP contribution in [0.2, 0.25) is 0 Å². The summed E-state index contributed by atoms with van der Waals surface area (Å²) in [6.45, 7) is 3.99. The minimum atomic E-state index is -0.0303. The summed E-state index contributed by atoms with van der Waals surface area (Å²) in [7, 11) is 3.27. The van der Waals surface area contributed by atoms with Crippen LogP contribution < -0.4 is 9.47 Å². The van der Waals surface area contributed by atoms with Crippen molar-refractivity contribution >= 4 is 5.78 Å². The summed E-state index contributed by atoms with van der Waals surface area (Å²) >= 11 is 0. The van der Waals surface area contributed by atoms with Gasteiger partial charge in [-0.15, -0.1) is 0 Å². The second-order valence-corrected chi connectivity index (χ2v) is 4.49. The molecule has 2 rings (SSSR count). The normalized spacial score (nSPS) is 18.8. The van der Waals surface area contributed by atoms with Crippen LogP contribution in [0.15, 0.2) is 6.07 Å². The topological polar surface area (TPSA) is 35.5 Å². The maximum atomic E-state index is 11.8. The molecule has 0 N–H and O–H groups in total. The number of methoxy groups -OCH3 is 2. The van der Waals surface area contributed by atoms with Crippen molar-refractivity contribution in [2.75, 3.05) is 14.2 Å². The Balaban J connectivity index is 2.64. The Morgan fingerprint density at radius 3 is 2.53 bits per heavy atom. The fourth-order valence-corrected chi connectivity index (χ4v) is 2.59. The number of hydrogen-bond acceptors (Lipinski definition) is 3. The third kappa shape index (κ3) is 1.79. The third-order valence-corrected chi connectivity index (χ3v) is 3.65. The fraction of sp³-hybridized carbons (Fsp3) is 0.500. The van der Waals surface area contributed by atoms with E-state index < -0.39 is 0 Å². The van der Waals surface area contributed by atoms with Gasteiger partial charge in [0.05, 0.1) is 14.2 Å². The lowest BCUT2D eigenvalue weighted by atomic mass is 9.80. The van der Waals surface area contributed by atoms with Crippen LogP contribution in [0, 0.1) is 6.92 Å². The highest BCUT2D eigenvalue weighted by Gasteiger charge is 2.27. The van der Waals surface area contributed by atoms with Gasteiger partial charge >= 0.3 is 0 Å². The van der Waals surface area contributed by atoms with E-state index in [1.165, 1.54) is 5.56 Å². The molecule has 1 aromatic carbocycles. The number of rotatable bonds is 2. The molecule has 1 aliphatic rings. The van der Waals surface area contributed by atoms with E-state index in [0.717, 1.165) is 23.3 Å². The summed E-state index contributed by atoms with van der Waals surface area (Å²) in [5.41, 5.74) is 3.44. The minimum absolute atomic E-state index is 0.0303. The highest BCUT2D eigenvalue weighted by molar-refractivity contribution is 5.88. The van der Waals surface area contributed by atoms with E-state index in [2.05, 4.69) is 0 Å². The number of ketones is 1. The van der Waals surface area contributed by atoms with Crippen LogP contribution in [0.5, 0.6) is 11.5 Å². The van der Waals surface area contributed by atoms with Gasteiger partial charge in [-0.2, -0.15) is 0 Å². The molecule has 3 nitrogen and oxygen atoms in total. The van der Waals surface area contributed by atoms with Gasteiger partial charge in [0.25, 0.3) is 0 Å². The molecule has 0 radical (unpaired) electrons. The first-order valence-electron chi connectivity index (χ1n) is 5.87. The van der Waals surface area contributed by atoms with E-state index >= 15 is 0 Å². The van der Waals surface area contributed by atoms with Crippen molar-refractivity contribution < 1.29 is 14.3 Å². The predicted molar refractivity (Wildman–Crippen MR) is 66.0 cm³/mol. The summed E-state index contributed by atoms with van der Waals surface area (Å²) in [5.74, 6) is 1.78. The number of fused-ring (bicyclic) bond motifs is 1. The summed E-state index contributed by atoms with van der Waals surface area (Å²) in [5, 5.41) is 0. The second kappa shape index (κ2) is 4.40. The van der Waals surface area contributed by atoms with Gasteiger partial charge in [0.1, 0.15) is 5.78 Å². The van der Waals surface area contributed by atoms with Gasteiger partial charge in [0.2, 0.25) is 0 Å². The van der Waals surface area contributed by atoms with Crippen molar-refractivity contribution in [2.45, 2.75) is 32.6 Å². The van der Waals surface area contributed by atoms with Crippen molar-refractivity contribution in [2.24, 2.45) is 0 Å². The maximum Gasteiger partial charge on any atom is 0.163 e.